The minimum atomic E-state index is -0.575. The molecule has 9 nitrogen and oxygen atoms in total. The molecular formula is C22H28IN5O4. The maximum Gasteiger partial charge on any atom is 0.323 e. The lowest BCUT2D eigenvalue weighted by Gasteiger charge is -2.18. The number of primary amides is 1. The topological polar surface area (TPSA) is 126 Å². The first-order chi connectivity index (χ1) is 15.3. The van der Waals surface area contributed by atoms with Crippen LogP contribution in [0.1, 0.15) is 34.6 Å². The normalized spacial score (nSPS) is 10.5. The monoisotopic (exact) mass is 553 g/mol. The molecule has 0 radical (unpaired) electrons. The van der Waals surface area contributed by atoms with E-state index >= 15 is 0 Å². The Bertz CT molecular complexity index is 979. The molecule has 10 heteroatoms. The average molecular weight is 553 g/mol. The Morgan fingerprint density at radius 1 is 1.00 bits per heavy atom. The number of hydrogen-bond acceptors (Lipinski definition) is 5. The second kappa shape index (κ2) is 12.2. The summed E-state index contributed by atoms with van der Waals surface area (Å²) < 4.78 is 6.03. The van der Waals surface area contributed by atoms with Gasteiger partial charge in [-0.2, -0.15) is 0 Å². The molecule has 0 saturated heterocycles. The van der Waals surface area contributed by atoms with E-state index in [-0.39, 0.29) is 5.91 Å². The molecule has 0 heterocycles. The minimum Gasteiger partial charge on any atom is -0.496 e. The Morgan fingerprint density at radius 3 is 2.22 bits per heavy atom. The predicted octanol–water partition coefficient (Wildman–Crippen LogP) is 3.11. The summed E-state index contributed by atoms with van der Waals surface area (Å²) in [4.78, 5) is 38.6. The van der Waals surface area contributed by atoms with Crippen molar-refractivity contribution in [1.82, 2.24) is 10.2 Å². The Morgan fingerprint density at radius 2 is 1.62 bits per heavy atom. The molecule has 0 aromatic heterocycles. The van der Waals surface area contributed by atoms with Gasteiger partial charge in [0.1, 0.15) is 5.75 Å². The fourth-order valence-corrected chi connectivity index (χ4v) is 3.61. The second-order valence-corrected chi connectivity index (χ2v) is 8.00. The van der Waals surface area contributed by atoms with E-state index in [1.807, 2.05) is 22.6 Å². The van der Waals surface area contributed by atoms with Crippen LogP contribution < -0.4 is 26.4 Å². The van der Waals surface area contributed by atoms with E-state index in [2.05, 4.69) is 34.7 Å². The van der Waals surface area contributed by atoms with Crippen LogP contribution in [0.2, 0.25) is 0 Å². The van der Waals surface area contributed by atoms with Gasteiger partial charge < -0.3 is 31.3 Å². The summed E-state index contributed by atoms with van der Waals surface area (Å²) in [5, 5.41) is 8.22. The number of carbonyl (C=O) groups is 3. The SMILES string of the molecule is CCN(CC)CCNC(=O)c1ccc(NC(=O)Nc2ccc(I)c(C(N)=O)c2)cc1OC. The van der Waals surface area contributed by atoms with Gasteiger partial charge in [-0.15, -0.1) is 0 Å². The molecule has 2 rings (SSSR count). The first kappa shape index (κ1) is 25.4. The van der Waals surface area contributed by atoms with E-state index in [0.717, 1.165) is 19.6 Å². The smallest absolute Gasteiger partial charge is 0.323 e. The van der Waals surface area contributed by atoms with Crippen LogP contribution in [0.15, 0.2) is 36.4 Å². The average Bonchev–Trinajstić information content (AvgIpc) is 2.77. The molecule has 2 aromatic carbocycles. The number of amides is 4. The van der Waals surface area contributed by atoms with Gasteiger partial charge in [-0.1, -0.05) is 13.8 Å². The number of nitrogens with one attached hydrogen (secondary N) is 3. The van der Waals surface area contributed by atoms with E-state index in [1.165, 1.54) is 13.2 Å². The first-order valence-electron chi connectivity index (χ1n) is 10.1. The van der Waals surface area contributed by atoms with Crippen LogP contribution in [0, 0.1) is 3.57 Å². The molecule has 0 saturated carbocycles. The zero-order valence-corrected chi connectivity index (χ0v) is 20.5. The number of urea groups is 1. The van der Waals surface area contributed by atoms with Gasteiger partial charge in [0.25, 0.3) is 5.91 Å². The predicted molar refractivity (Wildman–Crippen MR) is 133 cm³/mol. The van der Waals surface area contributed by atoms with E-state index in [1.54, 1.807) is 30.3 Å². The number of likely N-dealkylation sites (N-methyl/N-ethyl adjacent to an activating group) is 1. The molecule has 4 amide bonds. The van der Waals surface area contributed by atoms with Crippen LogP contribution in [0.4, 0.5) is 16.2 Å². The zero-order valence-electron chi connectivity index (χ0n) is 18.3. The number of halogens is 1. The summed E-state index contributed by atoms with van der Waals surface area (Å²) in [5.41, 5.74) is 6.91. The summed E-state index contributed by atoms with van der Waals surface area (Å²) >= 11 is 2.00. The summed E-state index contributed by atoms with van der Waals surface area (Å²) in [6.07, 6.45) is 0. The van der Waals surface area contributed by atoms with E-state index in [0.29, 0.717) is 38.4 Å². The highest BCUT2D eigenvalue weighted by Gasteiger charge is 2.14. The van der Waals surface area contributed by atoms with Crippen molar-refractivity contribution in [2.45, 2.75) is 13.8 Å². The van der Waals surface area contributed by atoms with Gasteiger partial charge in [-0.3, -0.25) is 9.59 Å². The van der Waals surface area contributed by atoms with Gasteiger partial charge in [-0.25, -0.2) is 4.79 Å². The van der Waals surface area contributed by atoms with Crippen LogP contribution in [-0.2, 0) is 0 Å². The molecule has 0 aliphatic heterocycles. The number of hydrogen-bond donors (Lipinski definition) is 4. The molecule has 0 bridgehead atoms. The lowest BCUT2D eigenvalue weighted by molar-refractivity contribution is 0.0944. The van der Waals surface area contributed by atoms with Crippen molar-refractivity contribution in [3.63, 3.8) is 0 Å². The maximum absolute atomic E-state index is 12.5. The molecule has 0 aliphatic rings. The van der Waals surface area contributed by atoms with Crippen molar-refractivity contribution in [2.75, 3.05) is 43.9 Å². The summed E-state index contributed by atoms with van der Waals surface area (Å²) in [5.74, 6) is -0.481. The standard InChI is InChI=1S/C22H28IN5O4/c1-4-28(5-2)11-10-25-21(30)16-8-6-15(13-19(16)32-3)27-22(31)26-14-7-9-18(23)17(12-14)20(24)29/h6-9,12-13H,4-5,10-11H2,1-3H3,(H2,24,29)(H,25,30)(H2,26,27,31). The number of carbonyl (C=O) groups excluding carboxylic acids is 3. The summed E-state index contributed by atoms with van der Waals surface area (Å²) in [6.45, 7) is 7.28. The van der Waals surface area contributed by atoms with Gasteiger partial charge in [0.2, 0.25) is 5.91 Å². The largest absolute Gasteiger partial charge is 0.496 e. The summed E-state index contributed by atoms with van der Waals surface area (Å²) in [7, 11) is 1.46. The van der Waals surface area contributed by atoms with Crippen LogP contribution in [0.25, 0.3) is 0 Å². The number of rotatable bonds is 10. The van der Waals surface area contributed by atoms with E-state index in [9.17, 15) is 14.4 Å². The van der Waals surface area contributed by atoms with Crippen molar-refractivity contribution >= 4 is 51.8 Å². The fourth-order valence-electron chi connectivity index (χ4n) is 3.00. The van der Waals surface area contributed by atoms with Crippen LogP contribution in [-0.4, -0.2) is 56.0 Å². The highest BCUT2D eigenvalue weighted by molar-refractivity contribution is 14.1. The van der Waals surface area contributed by atoms with Gasteiger partial charge >= 0.3 is 6.03 Å². The van der Waals surface area contributed by atoms with Crippen LogP contribution in [0.3, 0.4) is 0 Å². The van der Waals surface area contributed by atoms with Crippen molar-refractivity contribution in [3.05, 3.63) is 51.1 Å². The van der Waals surface area contributed by atoms with Crippen LogP contribution >= 0.6 is 22.6 Å². The first-order valence-corrected chi connectivity index (χ1v) is 11.2. The molecule has 2 aromatic rings. The number of nitrogens with two attached hydrogens (primary N) is 1. The number of ether oxygens (including phenoxy) is 1. The quantitative estimate of drug-likeness (QED) is 0.337. The Labute approximate surface area is 201 Å². The third kappa shape index (κ3) is 7.09. The Balaban J connectivity index is 2.02. The third-order valence-electron chi connectivity index (χ3n) is 4.80. The molecule has 5 N–H and O–H groups in total. The highest BCUT2D eigenvalue weighted by atomic mass is 127. The minimum absolute atomic E-state index is 0.247. The lowest BCUT2D eigenvalue weighted by atomic mass is 10.1. The van der Waals surface area contributed by atoms with E-state index < -0.39 is 11.9 Å². The number of nitrogens with zero attached hydrogens (tertiary/aromatic N) is 1. The number of benzene rings is 2. The van der Waals surface area contributed by atoms with Gasteiger partial charge in [-0.05, 0) is 66.0 Å². The molecule has 0 fully saturated rings. The Hall–Kier alpha value is -2.86. The Kier molecular flexibility index (Phi) is 9.72. The van der Waals surface area contributed by atoms with Crippen LogP contribution in [0.5, 0.6) is 5.75 Å². The molecule has 0 unspecified atom stereocenters. The molecular weight excluding hydrogens is 525 g/mol. The van der Waals surface area contributed by atoms with Gasteiger partial charge in [0, 0.05) is 34.1 Å². The number of anilines is 2. The molecule has 172 valence electrons. The van der Waals surface area contributed by atoms with Crippen molar-refractivity contribution < 1.29 is 19.1 Å². The third-order valence-corrected chi connectivity index (χ3v) is 5.74. The molecule has 0 atom stereocenters. The van der Waals surface area contributed by atoms with Crippen molar-refractivity contribution in [2.24, 2.45) is 5.73 Å². The maximum atomic E-state index is 12.5. The van der Waals surface area contributed by atoms with Crippen molar-refractivity contribution in [3.8, 4) is 5.75 Å². The van der Waals surface area contributed by atoms with Gasteiger partial charge in [0.05, 0.1) is 18.2 Å². The molecule has 0 spiro atoms. The second-order valence-electron chi connectivity index (χ2n) is 6.84. The van der Waals surface area contributed by atoms with Crippen molar-refractivity contribution in [1.29, 1.82) is 0 Å². The number of methoxy groups -OCH3 is 1. The lowest BCUT2D eigenvalue weighted by Crippen LogP contribution is -2.34. The molecule has 0 aliphatic carbocycles. The van der Waals surface area contributed by atoms with Gasteiger partial charge in [0.15, 0.2) is 0 Å². The highest BCUT2D eigenvalue weighted by Crippen LogP contribution is 2.24. The zero-order chi connectivity index (χ0) is 23.7. The summed E-state index contributed by atoms with van der Waals surface area (Å²) in [6, 6.07) is 9.13. The molecule has 32 heavy (non-hydrogen) atoms. The fraction of sp³-hybridized carbons (Fsp3) is 0.318. The van der Waals surface area contributed by atoms with E-state index in [4.69, 9.17) is 10.5 Å².